The summed E-state index contributed by atoms with van der Waals surface area (Å²) in [6.45, 7) is 7.80. The van der Waals surface area contributed by atoms with Gasteiger partial charge in [-0.1, -0.05) is 25.5 Å². The third-order valence-corrected chi connectivity index (χ3v) is 3.93. The van der Waals surface area contributed by atoms with Crippen LogP contribution >= 0.6 is 0 Å². The van der Waals surface area contributed by atoms with Crippen LogP contribution < -0.4 is 5.73 Å². The van der Waals surface area contributed by atoms with E-state index in [1.165, 1.54) is 36.9 Å². The first-order chi connectivity index (χ1) is 8.19. The van der Waals surface area contributed by atoms with Gasteiger partial charge < -0.3 is 5.73 Å². The van der Waals surface area contributed by atoms with E-state index in [-0.39, 0.29) is 0 Å². The Bertz CT molecular complexity index is 369. The Morgan fingerprint density at radius 3 is 2.65 bits per heavy atom. The van der Waals surface area contributed by atoms with Crippen LogP contribution in [0.15, 0.2) is 18.2 Å². The lowest BCUT2D eigenvalue weighted by molar-refractivity contribution is 0.178. The molecule has 0 aromatic heterocycles. The van der Waals surface area contributed by atoms with Crippen LogP contribution in [0.3, 0.4) is 0 Å². The van der Waals surface area contributed by atoms with E-state index in [0.29, 0.717) is 0 Å². The van der Waals surface area contributed by atoms with Gasteiger partial charge >= 0.3 is 0 Å². The van der Waals surface area contributed by atoms with Gasteiger partial charge in [-0.25, -0.2) is 0 Å². The average molecular weight is 232 g/mol. The zero-order chi connectivity index (χ0) is 12.3. The van der Waals surface area contributed by atoms with Gasteiger partial charge in [0.2, 0.25) is 0 Å². The fourth-order valence-electron chi connectivity index (χ4n) is 2.44. The van der Waals surface area contributed by atoms with Gasteiger partial charge in [-0.3, -0.25) is 4.90 Å². The molecule has 1 fully saturated rings. The van der Waals surface area contributed by atoms with Gasteiger partial charge in [0.15, 0.2) is 0 Å². The summed E-state index contributed by atoms with van der Waals surface area (Å²) in [4.78, 5) is 2.55. The van der Waals surface area contributed by atoms with Crippen molar-refractivity contribution in [3.05, 3.63) is 29.3 Å². The van der Waals surface area contributed by atoms with Crippen molar-refractivity contribution in [2.45, 2.75) is 39.7 Å². The van der Waals surface area contributed by atoms with E-state index in [1.807, 2.05) is 6.07 Å². The van der Waals surface area contributed by atoms with Crippen LogP contribution in [0.4, 0.5) is 5.69 Å². The number of aryl methyl sites for hydroxylation is 1. The quantitative estimate of drug-likeness (QED) is 0.790. The molecule has 94 valence electrons. The minimum atomic E-state index is 0.899. The topological polar surface area (TPSA) is 29.3 Å². The molecule has 2 heteroatoms. The summed E-state index contributed by atoms with van der Waals surface area (Å²) in [7, 11) is 0. The summed E-state index contributed by atoms with van der Waals surface area (Å²) in [6, 6.07) is 6.41. The molecule has 0 spiro atoms. The highest BCUT2D eigenvalue weighted by Gasteiger charge is 2.19. The van der Waals surface area contributed by atoms with Crippen molar-refractivity contribution >= 4 is 5.69 Å². The molecule has 0 bridgehead atoms. The molecule has 0 amide bonds. The second-order valence-corrected chi connectivity index (χ2v) is 5.32. The lowest BCUT2D eigenvalue weighted by Crippen LogP contribution is -2.32. The summed E-state index contributed by atoms with van der Waals surface area (Å²) < 4.78 is 0. The maximum absolute atomic E-state index is 5.85. The maximum atomic E-state index is 5.85. The monoisotopic (exact) mass is 232 g/mol. The van der Waals surface area contributed by atoms with Gasteiger partial charge in [-0.2, -0.15) is 0 Å². The first-order valence-corrected chi connectivity index (χ1v) is 6.76. The molecule has 0 heterocycles. The van der Waals surface area contributed by atoms with Crippen LogP contribution in [0, 0.1) is 12.8 Å². The van der Waals surface area contributed by atoms with Crippen LogP contribution in [-0.2, 0) is 6.54 Å². The molecular formula is C15H24N2. The molecule has 2 N–H and O–H groups in total. The summed E-state index contributed by atoms with van der Waals surface area (Å²) in [5.41, 5.74) is 9.33. The zero-order valence-corrected chi connectivity index (χ0v) is 11.1. The molecule has 2 rings (SSSR count). The third kappa shape index (κ3) is 3.22. The first kappa shape index (κ1) is 12.4. The van der Waals surface area contributed by atoms with Crippen molar-refractivity contribution in [2.24, 2.45) is 5.92 Å². The molecule has 1 aliphatic carbocycles. The molecule has 0 unspecified atom stereocenters. The molecule has 0 atom stereocenters. The first-order valence-electron chi connectivity index (χ1n) is 6.76. The molecule has 1 saturated carbocycles. The molecule has 17 heavy (non-hydrogen) atoms. The minimum Gasteiger partial charge on any atom is -0.399 e. The van der Waals surface area contributed by atoms with Crippen molar-refractivity contribution in [3.8, 4) is 0 Å². The van der Waals surface area contributed by atoms with Gasteiger partial charge in [-0.05, 0) is 49.4 Å². The van der Waals surface area contributed by atoms with Gasteiger partial charge in [-0.15, -0.1) is 0 Å². The van der Waals surface area contributed by atoms with Gasteiger partial charge in [0.25, 0.3) is 0 Å². The van der Waals surface area contributed by atoms with Crippen LogP contribution in [-0.4, -0.2) is 18.0 Å². The highest BCUT2D eigenvalue weighted by molar-refractivity contribution is 5.47. The number of nitrogen functional groups attached to an aromatic ring is 1. The molecular weight excluding hydrogens is 208 g/mol. The van der Waals surface area contributed by atoms with Gasteiger partial charge in [0.1, 0.15) is 0 Å². The minimum absolute atomic E-state index is 0.899. The van der Waals surface area contributed by atoms with Crippen LogP contribution in [0.2, 0.25) is 0 Å². The van der Waals surface area contributed by atoms with Crippen LogP contribution in [0.25, 0.3) is 0 Å². The number of benzene rings is 1. The van der Waals surface area contributed by atoms with Crippen LogP contribution in [0.5, 0.6) is 0 Å². The normalized spacial score (nSPS) is 16.2. The molecule has 1 aliphatic rings. The number of anilines is 1. The van der Waals surface area contributed by atoms with Gasteiger partial charge in [0, 0.05) is 18.8 Å². The Balaban J connectivity index is 1.94. The number of hydrogen-bond donors (Lipinski definition) is 1. The van der Waals surface area contributed by atoms with Crippen molar-refractivity contribution in [1.82, 2.24) is 4.90 Å². The average Bonchev–Trinajstić information content (AvgIpc) is 2.26. The van der Waals surface area contributed by atoms with Gasteiger partial charge in [0.05, 0.1) is 0 Å². The Kier molecular flexibility index (Phi) is 4.06. The Labute approximate surface area is 105 Å². The number of nitrogens with two attached hydrogens (primary N) is 1. The molecule has 2 nitrogen and oxygen atoms in total. The molecule has 1 aromatic rings. The largest absolute Gasteiger partial charge is 0.399 e. The summed E-state index contributed by atoms with van der Waals surface area (Å²) in [5.74, 6) is 0.949. The smallest absolute Gasteiger partial charge is 0.0343 e. The predicted molar refractivity (Wildman–Crippen MR) is 73.9 cm³/mol. The molecule has 0 radical (unpaired) electrons. The maximum Gasteiger partial charge on any atom is 0.0343 e. The standard InChI is InChI=1S/C15H24N2/c1-3-17(10-13-5-4-6-13)11-14-7-8-15(16)12(2)9-14/h7-9,13H,3-6,10-11,16H2,1-2H3. The fourth-order valence-corrected chi connectivity index (χ4v) is 2.44. The number of nitrogens with zero attached hydrogens (tertiary/aromatic N) is 1. The third-order valence-electron chi connectivity index (χ3n) is 3.93. The van der Waals surface area contributed by atoms with E-state index in [2.05, 4.69) is 30.9 Å². The van der Waals surface area contributed by atoms with E-state index in [9.17, 15) is 0 Å². The van der Waals surface area contributed by atoms with Crippen molar-refractivity contribution in [3.63, 3.8) is 0 Å². The predicted octanol–water partition coefficient (Wildman–Crippen LogP) is 3.20. The SMILES string of the molecule is CCN(Cc1ccc(N)c(C)c1)CC1CCC1. The molecule has 0 aliphatic heterocycles. The second kappa shape index (κ2) is 5.54. The van der Waals surface area contributed by atoms with E-state index in [0.717, 1.165) is 24.7 Å². The van der Waals surface area contributed by atoms with E-state index < -0.39 is 0 Å². The summed E-state index contributed by atoms with van der Waals surface area (Å²) in [5, 5.41) is 0. The lowest BCUT2D eigenvalue weighted by Gasteiger charge is -2.31. The summed E-state index contributed by atoms with van der Waals surface area (Å²) >= 11 is 0. The van der Waals surface area contributed by atoms with Crippen molar-refractivity contribution in [1.29, 1.82) is 0 Å². The number of rotatable bonds is 5. The van der Waals surface area contributed by atoms with Crippen molar-refractivity contribution in [2.75, 3.05) is 18.8 Å². The van der Waals surface area contributed by atoms with Crippen LogP contribution in [0.1, 0.15) is 37.3 Å². The highest BCUT2D eigenvalue weighted by Crippen LogP contribution is 2.27. The Morgan fingerprint density at radius 2 is 2.12 bits per heavy atom. The van der Waals surface area contributed by atoms with E-state index in [1.54, 1.807) is 0 Å². The Morgan fingerprint density at radius 1 is 1.35 bits per heavy atom. The van der Waals surface area contributed by atoms with E-state index >= 15 is 0 Å². The number of hydrogen-bond acceptors (Lipinski definition) is 2. The lowest BCUT2D eigenvalue weighted by atomic mass is 9.85. The van der Waals surface area contributed by atoms with Crippen molar-refractivity contribution < 1.29 is 0 Å². The highest BCUT2D eigenvalue weighted by atomic mass is 15.1. The second-order valence-electron chi connectivity index (χ2n) is 5.32. The zero-order valence-electron chi connectivity index (χ0n) is 11.1. The molecule has 1 aromatic carbocycles. The summed E-state index contributed by atoms with van der Waals surface area (Å²) in [6.07, 6.45) is 4.29. The molecule has 0 saturated heterocycles. The van der Waals surface area contributed by atoms with E-state index in [4.69, 9.17) is 5.73 Å². The Hall–Kier alpha value is -1.02. The fraction of sp³-hybridized carbons (Fsp3) is 0.600.